The van der Waals surface area contributed by atoms with Crippen molar-refractivity contribution in [3.63, 3.8) is 0 Å². The molecule has 10 heteroatoms. The van der Waals surface area contributed by atoms with Crippen LogP contribution in [0.4, 0.5) is 5.82 Å². The standard InChI is InChI=1S/C24H28N6O4/c1-33-22-5-3-18-23(29-22)17(6-8-26-18)19(31)13-30-9-7-15(12-30)10-25-11-16-2-4-20-24(27-16)28-21(32)14-34-20/h2-6,8,15,19,25,31H,7,9-14H2,1H3,(H,27,28,32)/t15-,19-/m1/s1. The Morgan fingerprint density at radius 2 is 2.21 bits per heavy atom. The molecular weight excluding hydrogens is 436 g/mol. The second-order valence-electron chi connectivity index (χ2n) is 8.67. The van der Waals surface area contributed by atoms with Crippen molar-refractivity contribution in [3.05, 3.63) is 47.8 Å². The van der Waals surface area contributed by atoms with Crippen molar-refractivity contribution in [2.45, 2.75) is 19.1 Å². The molecule has 2 aliphatic rings. The number of aliphatic hydroxyl groups excluding tert-OH is 1. The number of anilines is 1. The van der Waals surface area contributed by atoms with E-state index < -0.39 is 6.10 Å². The van der Waals surface area contributed by atoms with Gasteiger partial charge in [-0.25, -0.2) is 9.97 Å². The van der Waals surface area contributed by atoms with E-state index in [1.54, 1.807) is 19.4 Å². The predicted octanol–water partition coefficient (Wildman–Crippen LogP) is 1.51. The van der Waals surface area contributed by atoms with Gasteiger partial charge in [0.2, 0.25) is 5.88 Å². The quantitative estimate of drug-likeness (QED) is 0.455. The maximum Gasteiger partial charge on any atom is 0.263 e. The van der Waals surface area contributed by atoms with Crippen LogP contribution in [0, 0.1) is 5.92 Å². The minimum atomic E-state index is -0.658. The smallest absolute Gasteiger partial charge is 0.263 e. The molecule has 2 atom stereocenters. The largest absolute Gasteiger partial charge is 0.481 e. The third-order valence-corrected chi connectivity index (χ3v) is 6.23. The fourth-order valence-electron chi connectivity index (χ4n) is 4.51. The number of amides is 1. The summed E-state index contributed by atoms with van der Waals surface area (Å²) in [5.41, 5.74) is 3.02. The molecule has 0 spiro atoms. The van der Waals surface area contributed by atoms with Gasteiger partial charge in [-0.1, -0.05) is 0 Å². The molecule has 2 aliphatic heterocycles. The Morgan fingerprint density at radius 1 is 1.29 bits per heavy atom. The number of hydrogen-bond acceptors (Lipinski definition) is 9. The first-order valence-corrected chi connectivity index (χ1v) is 11.4. The average molecular weight is 465 g/mol. The van der Waals surface area contributed by atoms with Crippen molar-refractivity contribution in [1.82, 2.24) is 25.2 Å². The number of hydrogen-bond donors (Lipinski definition) is 3. The molecule has 0 unspecified atom stereocenters. The summed E-state index contributed by atoms with van der Waals surface area (Å²) in [5.74, 6) is 1.88. The number of nitrogens with one attached hydrogen (secondary N) is 2. The van der Waals surface area contributed by atoms with Crippen molar-refractivity contribution >= 4 is 22.8 Å². The van der Waals surface area contributed by atoms with Crippen LogP contribution in [0.5, 0.6) is 11.6 Å². The van der Waals surface area contributed by atoms with Gasteiger partial charge >= 0.3 is 0 Å². The number of aromatic nitrogens is 3. The second-order valence-corrected chi connectivity index (χ2v) is 8.67. The molecule has 0 aromatic carbocycles. The van der Waals surface area contributed by atoms with E-state index in [2.05, 4.69) is 30.5 Å². The summed E-state index contributed by atoms with van der Waals surface area (Å²) < 4.78 is 10.6. The lowest BCUT2D eigenvalue weighted by Gasteiger charge is -2.21. The number of rotatable bonds is 8. The number of aliphatic hydroxyl groups is 1. The Balaban J connectivity index is 1.13. The zero-order valence-electron chi connectivity index (χ0n) is 19.0. The number of β-amino-alcohol motifs (C(OH)–C–C–N with tert-alkyl or cyclic N) is 1. The predicted molar refractivity (Wildman–Crippen MR) is 126 cm³/mol. The van der Waals surface area contributed by atoms with Crippen LogP contribution in [0.1, 0.15) is 23.8 Å². The van der Waals surface area contributed by atoms with Crippen LogP contribution in [0.3, 0.4) is 0 Å². The highest BCUT2D eigenvalue weighted by molar-refractivity contribution is 5.94. The Morgan fingerprint density at radius 3 is 3.09 bits per heavy atom. The van der Waals surface area contributed by atoms with Crippen LogP contribution in [-0.2, 0) is 11.3 Å². The number of fused-ring (bicyclic) bond motifs is 2. The van der Waals surface area contributed by atoms with E-state index in [0.717, 1.165) is 42.8 Å². The van der Waals surface area contributed by atoms with Gasteiger partial charge in [-0.05, 0) is 49.7 Å². The van der Waals surface area contributed by atoms with Crippen LogP contribution < -0.4 is 20.1 Å². The Labute approximate surface area is 197 Å². The zero-order valence-corrected chi connectivity index (χ0v) is 19.0. The maximum atomic E-state index is 11.5. The lowest BCUT2D eigenvalue weighted by molar-refractivity contribution is -0.118. The number of methoxy groups -OCH3 is 1. The first-order chi connectivity index (χ1) is 16.6. The summed E-state index contributed by atoms with van der Waals surface area (Å²) in [6, 6.07) is 9.20. The highest BCUT2D eigenvalue weighted by Crippen LogP contribution is 2.27. The number of carbonyl (C=O) groups excluding carboxylic acids is 1. The molecular formula is C24H28N6O4. The third kappa shape index (κ3) is 4.93. The van der Waals surface area contributed by atoms with Gasteiger partial charge in [0.05, 0.1) is 29.9 Å². The normalized spacial score (nSPS) is 18.9. The zero-order chi connectivity index (χ0) is 23.5. The average Bonchev–Trinajstić information content (AvgIpc) is 3.30. The molecule has 0 saturated carbocycles. The number of pyridine rings is 3. The minimum Gasteiger partial charge on any atom is -0.481 e. The van der Waals surface area contributed by atoms with Crippen molar-refractivity contribution in [3.8, 4) is 11.6 Å². The second kappa shape index (κ2) is 9.88. The molecule has 1 amide bonds. The Hall–Kier alpha value is -3.34. The molecule has 1 saturated heterocycles. The van der Waals surface area contributed by atoms with Gasteiger partial charge in [-0.3, -0.25) is 9.78 Å². The van der Waals surface area contributed by atoms with Crippen LogP contribution in [-0.4, -0.2) is 70.8 Å². The van der Waals surface area contributed by atoms with Gasteiger partial charge in [0.15, 0.2) is 18.2 Å². The lowest BCUT2D eigenvalue weighted by atomic mass is 10.1. The van der Waals surface area contributed by atoms with Gasteiger partial charge < -0.3 is 30.1 Å². The summed E-state index contributed by atoms with van der Waals surface area (Å²) in [7, 11) is 1.58. The molecule has 3 N–H and O–H groups in total. The van der Waals surface area contributed by atoms with Crippen molar-refractivity contribution < 1.29 is 19.4 Å². The summed E-state index contributed by atoms with van der Waals surface area (Å²) >= 11 is 0. The third-order valence-electron chi connectivity index (χ3n) is 6.23. The van der Waals surface area contributed by atoms with Gasteiger partial charge in [-0.15, -0.1) is 0 Å². The molecule has 34 heavy (non-hydrogen) atoms. The van der Waals surface area contributed by atoms with Gasteiger partial charge in [0.1, 0.15) is 0 Å². The van der Waals surface area contributed by atoms with Crippen LogP contribution in [0.25, 0.3) is 11.0 Å². The highest BCUT2D eigenvalue weighted by atomic mass is 16.5. The monoisotopic (exact) mass is 464 g/mol. The number of ether oxygens (including phenoxy) is 2. The summed E-state index contributed by atoms with van der Waals surface area (Å²) in [5, 5.41) is 17.2. The molecule has 0 aliphatic carbocycles. The van der Waals surface area contributed by atoms with E-state index in [4.69, 9.17) is 9.47 Å². The van der Waals surface area contributed by atoms with Gasteiger partial charge in [0.25, 0.3) is 5.91 Å². The fourth-order valence-corrected chi connectivity index (χ4v) is 4.51. The molecule has 10 nitrogen and oxygen atoms in total. The summed E-state index contributed by atoms with van der Waals surface area (Å²) in [4.78, 5) is 27.1. The first-order valence-electron chi connectivity index (χ1n) is 11.4. The Kier molecular flexibility index (Phi) is 6.52. The van der Waals surface area contributed by atoms with Crippen molar-refractivity contribution in [2.75, 3.05) is 45.2 Å². The van der Waals surface area contributed by atoms with Gasteiger partial charge in [-0.2, -0.15) is 0 Å². The molecule has 5 rings (SSSR count). The van der Waals surface area contributed by atoms with E-state index in [1.807, 2.05) is 24.3 Å². The minimum absolute atomic E-state index is 0.0290. The molecule has 1 fully saturated rings. The van der Waals surface area contributed by atoms with Crippen molar-refractivity contribution in [1.29, 1.82) is 0 Å². The van der Waals surface area contributed by atoms with E-state index >= 15 is 0 Å². The number of carbonyl (C=O) groups is 1. The number of nitrogens with zero attached hydrogens (tertiary/aromatic N) is 4. The van der Waals surface area contributed by atoms with E-state index in [9.17, 15) is 9.90 Å². The van der Waals surface area contributed by atoms with Crippen molar-refractivity contribution in [2.24, 2.45) is 5.92 Å². The summed E-state index contributed by atoms with van der Waals surface area (Å²) in [6.07, 6.45) is 2.11. The van der Waals surface area contributed by atoms with Crippen LogP contribution in [0.2, 0.25) is 0 Å². The van der Waals surface area contributed by atoms with Crippen LogP contribution in [0.15, 0.2) is 36.5 Å². The molecule has 3 aromatic heterocycles. The van der Waals surface area contributed by atoms with E-state index in [0.29, 0.717) is 42.0 Å². The lowest BCUT2D eigenvalue weighted by Crippen LogP contribution is -2.29. The first kappa shape index (κ1) is 22.5. The SMILES string of the molecule is COc1ccc2nccc([C@H](O)CN3CC[C@H](CNCc4ccc5c(n4)NC(=O)CO5)C3)c2n1. The topological polar surface area (TPSA) is 122 Å². The molecule has 5 heterocycles. The fraction of sp³-hybridized carbons (Fsp3) is 0.417. The highest BCUT2D eigenvalue weighted by Gasteiger charge is 2.25. The molecule has 3 aromatic rings. The summed E-state index contributed by atoms with van der Waals surface area (Å²) in [6.45, 7) is 3.88. The van der Waals surface area contributed by atoms with E-state index in [1.165, 1.54) is 0 Å². The van der Waals surface area contributed by atoms with E-state index in [-0.39, 0.29) is 12.5 Å². The molecule has 178 valence electrons. The molecule has 0 bridgehead atoms. The molecule has 0 radical (unpaired) electrons. The Bertz CT molecular complexity index is 1190. The number of likely N-dealkylation sites (tertiary alicyclic amines) is 1. The van der Waals surface area contributed by atoms with Gasteiger partial charge in [0, 0.05) is 37.5 Å². The van der Waals surface area contributed by atoms with Crippen LogP contribution >= 0.6 is 0 Å². The maximum absolute atomic E-state index is 11.5.